The van der Waals surface area contributed by atoms with Crippen LogP contribution in [0.4, 0.5) is 14.5 Å². The molecule has 1 aromatic rings. The highest BCUT2D eigenvalue weighted by Crippen LogP contribution is 2.16. The molecule has 0 bridgehead atoms. The quantitative estimate of drug-likeness (QED) is 0.441. The number of carbonyl (C=O) groups is 2. The maximum atomic E-state index is 13.3. The number of hydrazine groups is 1. The molecular weight excluding hydrogens is 260 g/mol. The minimum Gasteiger partial charge on any atom is -0.390 e. The second-order valence-electron chi connectivity index (χ2n) is 4.01. The van der Waals surface area contributed by atoms with Crippen LogP contribution in [-0.4, -0.2) is 29.6 Å². The number of hydrogen-bond acceptors (Lipinski definition) is 4. The monoisotopic (exact) mass is 271 g/mol. The Bertz CT molecular complexity index is 524. The van der Waals surface area contributed by atoms with Gasteiger partial charge in [0.25, 0.3) is 5.91 Å². The van der Waals surface area contributed by atoms with Gasteiger partial charge in [0.1, 0.15) is 5.92 Å². The van der Waals surface area contributed by atoms with Crippen molar-refractivity contribution in [3.8, 4) is 0 Å². The Morgan fingerprint density at radius 3 is 2.79 bits per heavy atom. The van der Waals surface area contributed by atoms with Crippen LogP contribution in [0.25, 0.3) is 0 Å². The highest BCUT2D eigenvalue weighted by Gasteiger charge is 2.39. The summed E-state index contributed by atoms with van der Waals surface area (Å²) in [7, 11) is 0. The largest absolute Gasteiger partial charge is 0.390 e. The molecule has 1 aliphatic heterocycles. The molecule has 1 saturated heterocycles. The lowest BCUT2D eigenvalue weighted by atomic mass is 10.1. The second kappa shape index (κ2) is 5.19. The van der Waals surface area contributed by atoms with Crippen molar-refractivity contribution in [3.05, 3.63) is 29.8 Å². The molecule has 4 N–H and O–H groups in total. The Hall–Kier alpha value is -2.22. The smallest absolute Gasteiger partial charge is 0.253 e. The van der Waals surface area contributed by atoms with Crippen LogP contribution in [0.2, 0.25) is 0 Å². The Morgan fingerprint density at radius 2 is 2.16 bits per heavy atom. The normalized spacial score (nSPS) is 21.9. The van der Waals surface area contributed by atoms with Gasteiger partial charge in [-0.2, -0.15) is 0 Å². The first-order valence-electron chi connectivity index (χ1n) is 5.46. The van der Waals surface area contributed by atoms with Crippen LogP contribution < -0.4 is 16.2 Å². The van der Waals surface area contributed by atoms with E-state index in [1.807, 2.05) is 0 Å². The minimum absolute atomic E-state index is 0.0226. The van der Waals surface area contributed by atoms with E-state index in [2.05, 4.69) is 16.2 Å². The fourth-order valence-corrected chi connectivity index (χ4v) is 1.71. The third-order valence-electron chi connectivity index (χ3n) is 2.71. The zero-order valence-electron chi connectivity index (χ0n) is 9.61. The van der Waals surface area contributed by atoms with Crippen molar-refractivity contribution in [2.24, 2.45) is 5.92 Å². The highest BCUT2D eigenvalue weighted by atomic mass is 19.2. The Morgan fingerprint density at radius 1 is 1.42 bits per heavy atom. The number of halogens is 2. The summed E-state index contributed by atoms with van der Waals surface area (Å²) in [6, 6.07) is 3.39. The van der Waals surface area contributed by atoms with Crippen LogP contribution in [-0.2, 0) is 9.59 Å². The summed E-state index contributed by atoms with van der Waals surface area (Å²) in [5.74, 6) is -4.95. The molecule has 1 aliphatic rings. The molecule has 1 heterocycles. The van der Waals surface area contributed by atoms with Gasteiger partial charge in [0, 0.05) is 6.54 Å². The van der Waals surface area contributed by atoms with E-state index in [1.54, 1.807) is 0 Å². The van der Waals surface area contributed by atoms with Crippen LogP contribution in [0.5, 0.6) is 0 Å². The van der Waals surface area contributed by atoms with E-state index in [1.165, 1.54) is 12.1 Å². The number of aliphatic hydroxyl groups is 1. The second-order valence-corrected chi connectivity index (χ2v) is 4.01. The molecule has 1 fully saturated rings. The molecule has 2 atom stereocenters. The highest BCUT2D eigenvalue weighted by molar-refractivity contribution is 6.02. The standard InChI is InChI=1S/C11H11F2N3O3/c12-5-2-1-3-6(9(5)13)15-16-11(19)8-7(17)4-14-10(8)18/h1-3,7-8,15,17H,4H2,(H,14,18)(H,16,19). The van der Waals surface area contributed by atoms with Gasteiger partial charge in [0.15, 0.2) is 11.6 Å². The molecule has 0 radical (unpaired) electrons. The van der Waals surface area contributed by atoms with Gasteiger partial charge in [0.2, 0.25) is 5.91 Å². The number of carbonyl (C=O) groups excluding carboxylic acids is 2. The van der Waals surface area contributed by atoms with E-state index in [-0.39, 0.29) is 12.2 Å². The fourth-order valence-electron chi connectivity index (χ4n) is 1.71. The van der Waals surface area contributed by atoms with Crippen LogP contribution in [0, 0.1) is 17.6 Å². The molecule has 1 aromatic carbocycles. The van der Waals surface area contributed by atoms with Gasteiger partial charge in [0.05, 0.1) is 11.8 Å². The predicted molar refractivity (Wildman–Crippen MR) is 60.6 cm³/mol. The molecule has 2 unspecified atom stereocenters. The first-order chi connectivity index (χ1) is 9.00. The lowest BCUT2D eigenvalue weighted by Crippen LogP contribution is -2.42. The van der Waals surface area contributed by atoms with E-state index in [9.17, 15) is 23.5 Å². The van der Waals surface area contributed by atoms with E-state index >= 15 is 0 Å². The molecule has 0 aliphatic carbocycles. The average molecular weight is 271 g/mol. The molecule has 8 heteroatoms. The van der Waals surface area contributed by atoms with E-state index < -0.39 is 35.5 Å². The average Bonchev–Trinajstić information content (AvgIpc) is 2.71. The SMILES string of the molecule is O=C1NCC(O)C1C(=O)NNc1cccc(F)c1F. The maximum Gasteiger partial charge on any atom is 0.253 e. The summed E-state index contributed by atoms with van der Waals surface area (Å²) < 4.78 is 26.2. The molecule has 0 spiro atoms. The number of aliphatic hydroxyl groups excluding tert-OH is 1. The van der Waals surface area contributed by atoms with Gasteiger partial charge in [-0.05, 0) is 12.1 Å². The maximum absolute atomic E-state index is 13.3. The lowest BCUT2D eigenvalue weighted by Gasteiger charge is -2.14. The van der Waals surface area contributed by atoms with Gasteiger partial charge in [-0.25, -0.2) is 8.78 Å². The van der Waals surface area contributed by atoms with Gasteiger partial charge < -0.3 is 10.4 Å². The minimum atomic E-state index is -1.27. The van der Waals surface area contributed by atoms with Gasteiger partial charge in [-0.3, -0.25) is 20.4 Å². The first kappa shape index (κ1) is 13.2. The fraction of sp³-hybridized carbons (Fsp3) is 0.273. The van der Waals surface area contributed by atoms with Crippen molar-refractivity contribution in [3.63, 3.8) is 0 Å². The molecule has 0 aromatic heterocycles. The van der Waals surface area contributed by atoms with E-state index in [0.717, 1.165) is 6.07 Å². The zero-order valence-corrected chi connectivity index (χ0v) is 9.61. The molecule has 0 saturated carbocycles. The number of β-amino-alcohol motifs (C(OH)–C–C–N with tert-alkyl or cyclic N) is 1. The first-order valence-corrected chi connectivity index (χ1v) is 5.46. The molecular formula is C11H11F2N3O3. The van der Waals surface area contributed by atoms with E-state index in [0.29, 0.717) is 0 Å². The number of benzene rings is 1. The van der Waals surface area contributed by atoms with Crippen LogP contribution >= 0.6 is 0 Å². The van der Waals surface area contributed by atoms with Crippen molar-refractivity contribution in [2.75, 3.05) is 12.0 Å². The zero-order chi connectivity index (χ0) is 14.0. The van der Waals surface area contributed by atoms with Crippen molar-refractivity contribution < 1.29 is 23.5 Å². The lowest BCUT2D eigenvalue weighted by molar-refractivity contribution is -0.135. The third-order valence-corrected chi connectivity index (χ3v) is 2.71. The molecule has 2 rings (SSSR count). The Kier molecular flexibility index (Phi) is 3.61. The summed E-state index contributed by atoms with van der Waals surface area (Å²) in [5.41, 5.74) is 3.94. The van der Waals surface area contributed by atoms with Crippen LogP contribution in [0.3, 0.4) is 0 Å². The number of nitrogens with one attached hydrogen (secondary N) is 3. The van der Waals surface area contributed by atoms with Crippen molar-refractivity contribution in [2.45, 2.75) is 6.10 Å². The number of rotatable bonds is 3. The van der Waals surface area contributed by atoms with Crippen LogP contribution in [0.15, 0.2) is 18.2 Å². The van der Waals surface area contributed by atoms with Crippen molar-refractivity contribution in [1.82, 2.24) is 10.7 Å². The molecule has 19 heavy (non-hydrogen) atoms. The summed E-state index contributed by atoms with van der Waals surface area (Å²) >= 11 is 0. The van der Waals surface area contributed by atoms with E-state index in [4.69, 9.17) is 0 Å². The number of anilines is 1. The summed E-state index contributed by atoms with van der Waals surface area (Å²) in [5, 5.41) is 11.7. The third kappa shape index (κ3) is 2.63. The number of hydrogen-bond donors (Lipinski definition) is 4. The number of amides is 2. The molecule has 102 valence electrons. The Labute approximate surface area is 106 Å². The van der Waals surface area contributed by atoms with Gasteiger partial charge >= 0.3 is 0 Å². The van der Waals surface area contributed by atoms with Crippen molar-refractivity contribution in [1.29, 1.82) is 0 Å². The summed E-state index contributed by atoms with van der Waals surface area (Å²) in [6.45, 7) is -0.0226. The Balaban J connectivity index is 2.01. The van der Waals surface area contributed by atoms with Gasteiger partial charge in [-0.15, -0.1) is 0 Å². The van der Waals surface area contributed by atoms with Crippen molar-refractivity contribution >= 4 is 17.5 Å². The van der Waals surface area contributed by atoms with Crippen LogP contribution in [0.1, 0.15) is 0 Å². The molecule has 2 amide bonds. The topological polar surface area (TPSA) is 90.5 Å². The summed E-state index contributed by atoms with van der Waals surface area (Å²) in [4.78, 5) is 22.9. The van der Waals surface area contributed by atoms with Gasteiger partial charge in [-0.1, -0.05) is 6.07 Å². The predicted octanol–water partition coefficient (Wildman–Crippen LogP) is -0.485. The summed E-state index contributed by atoms with van der Waals surface area (Å²) in [6.07, 6.45) is -1.15. The molecule has 6 nitrogen and oxygen atoms in total.